The van der Waals surface area contributed by atoms with Gasteiger partial charge in [-0.1, -0.05) is 19.8 Å². The number of nitrogens with one attached hydrogen (secondary N) is 1. The van der Waals surface area contributed by atoms with E-state index in [1.807, 2.05) is 24.7 Å². The predicted octanol–water partition coefficient (Wildman–Crippen LogP) is 3.31. The maximum atomic E-state index is 13.3. The molecule has 0 spiro atoms. The third kappa shape index (κ3) is 3.99. The van der Waals surface area contributed by atoms with Gasteiger partial charge in [0.1, 0.15) is 5.82 Å². The van der Waals surface area contributed by atoms with Crippen LogP contribution in [0.3, 0.4) is 0 Å². The molecule has 1 N–H and O–H groups in total. The fourth-order valence-corrected chi connectivity index (χ4v) is 3.47. The summed E-state index contributed by atoms with van der Waals surface area (Å²) in [6.07, 6.45) is 2.46. The van der Waals surface area contributed by atoms with E-state index < -0.39 is 12.1 Å². The molecular weight excluding hydrogens is 279 g/mol. The lowest BCUT2D eigenvalue weighted by atomic mass is 9.74. The summed E-state index contributed by atoms with van der Waals surface area (Å²) >= 11 is 0. The largest absolute Gasteiger partial charge is 0.392 e. The van der Waals surface area contributed by atoms with Crippen LogP contribution in [0.5, 0.6) is 0 Å². The Morgan fingerprint density at radius 3 is 2.67 bits per heavy atom. The van der Waals surface area contributed by atoms with Crippen molar-refractivity contribution in [3.05, 3.63) is 18.2 Å². The summed E-state index contributed by atoms with van der Waals surface area (Å²) in [5, 5.41) is 3.27. The summed E-state index contributed by atoms with van der Waals surface area (Å²) < 4.78 is 41.8. The molecule has 1 saturated carbocycles. The molecule has 1 aromatic heterocycles. The molecule has 3 unspecified atom stereocenters. The molecule has 2 rings (SSSR count). The van der Waals surface area contributed by atoms with Crippen molar-refractivity contribution < 1.29 is 13.2 Å². The molecule has 120 valence electrons. The molecule has 0 bridgehead atoms. The van der Waals surface area contributed by atoms with Crippen LogP contribution < -0.4 is 5.32 Å². The lowest BCUT2D eigenvalue weighted by Gasteiger charge is -2.38. The van der Waals surface area contributed by atoms with E-state index in [0.29, 0.717) is 25.8 Å². The van der Waals surface area contributed by atoms with Gasteiger partial charge in [-0.25, -0.2) is 4.98 Å². The third-order valence-corrected chi connectivity index (χ3v) is 4.55. The summed E-state index contributed by atoms with van der Waals surface area (Å²) in [5.41, 5.74) is 0. The summed E-state index contributed by atoms with van der Waals surface area (Å²) in [5.74, 6) is -0.696. The van der Waals surface area contributed by atoms with Crippen LogP contribution >= 0.6 is 0 Å². The van der Waals surface area contributed by atoms with Crippen LogP contribution in [0.25, 0.3) is 0 Å². The van der Waals surface area contributed by atoms with Crippen LogP contribution in [0.15, 0.2) is 12.4 Å². The zero-order chi connectivity index (χ0) is 15.5. The van der Waals surface area contributed by atoms with Crippen LogP contribution in [-0.2, 0) is 13.5 Å². The Kier molecular flexibility index (Phi) is 5.30. The zero-order valence-electron chi connectivity index (χ0n) is 12.7. The van der Waals surface area contributed by atoms with Crippen molar-refractivity contribution in [1.29, 1.82) is 0 Å². The number of aromatic nitrogens is 2. The fraction of sp³-hybridized carbons (Fsp3) is 0.800. The van der Waals surface area contributed by atoms with Gasteiger partial charge in [-0.15, -0.1) is 0 Å². The normalized spacial score (nSPS) is 25.0. The van der Waals surface area contributed by atoms with Crippen molar-refractivity contribution in [3.63, 3.8) is 0 Å². The highest BCUT2D eigenvalue weighted by molar-refractivity contribution is 4.98. The fourth-order valence-electron chi connectivity index (χ4n) is 3.47. The van der Waals surface area contributed by atoms with E-state index in [0.717, 1.165) is 12.2 Å². The quantitative estimate of drug-likeness (QED) is 0.904. The van der Waals surface area contributed by atoms with Gasteiger partial charge >= 0.3 is 6.18 Å². The molecule has 0 amide bonds. The number of hydrogen-bond donors (Lipinski definition) is 1. The molecule has 0 radical (unpaired) electrons. The third-order valence-electron chi connectivity index (χ3n) is 4.55. The van der Waals surface area contributed by atoms with E-state index in [-0.39, 0.29) is 18.4 Å². The van der Waals surface area contributed by atoms with E-state index >= 15 is 0 Å². The minimum Gasteiger partial charge on any atom is -0.338 e. The average Bonchev–Trinajstić information content (AvgIpc) is 2.83. The Morgan fingerprint density at radius 1 is 1.38 bits per heavy atom. The molecular formula is C15H24F3N3. The minimum atomic E-state index is -4.10. The predicted molar refractivity (Wildman–Crippen MR) is 75.9 cm³/mol. The number of nitrogens with zero attached hydrogens (tertiary/aromatic N) is 2. The number of alkyl halides is 3. The lowest BCUT2D eigenvalue weighted by Crippen LogP contribution is -2.47. The Hall–Kier alpha value is -1.04. The van der Waals surface area contributed by atoms with Crippen LogP contribution in [0, 0.1) is 11.8 Å². The van der Waals surface area contributed by atoms with Gasteiger partial charge in [0.25, 0.3) is 0 Å². The van der Waals surface area contributed by atoms with Crippen LogP contribution in [-0.4, -0.2) is 28.3 Å². The summed E-state index contributed by atoms with van der Waals surface area (Å²) in [6.45, 7) is 2.62. The topological polar surface area (TPSA) is 29.9 Å². The number of rotatable bonds is 5. The molecule has 6 heteroatoms. The van der Waals surface area contributed by atoms with Crippen molar-refractivity contribution in [1.82, 2.24) is 14.9 Å². The Balaban J connectivity index is 2.16. The second kappa shape index (κ2) is 6.81. The van der Waals surface area contributed by atoms with Gasteiger partial charge in [-0.05, 0) is 25.3 Å². The van der Waals surface area contributed by atoms with Crippen molar-refractivity contribution in [2.24, 2.45) is 18.9 Å². The molecule has 3 atom stereocenters. The van der Waals surface area contributed by atoms with Crippen LogP contribution in [0.2, 0.25) is 0 Å². The first-order valence-corrected chi connectivity index (χ1v) is 7.69. The van der Waals surface area contributed by atoms with E-state index in [1.54, 1.807) is 6.20 Å². The SMILES string of the molecule is CCNC(Cc1nccn1C)C1CCCCC1C(F)(F)F. The lowest BCUT2D eigenvalue weighted by molar-refractivity contribution is -0.199. The van der Waals surface area contributed by atoms with E-state index in [1.165, 1.54) is 0 Å². The first-order valence-electron chi connectivity index (χ1n) is 7.69. The summed E-state index contributed by atoms with van der Waals surface area (Å²) in [6, 6.07) is -0.164. The first kappa shape index (κ1) is 16.3. The molecule has 1 aliphatic rings. The number of hydrogen-bond acceptors (Lipinski definition) is 2. The molecule has 1 aromatic rings. The summed E-state index contributed by atoms with van der Waals surface area (Å²) in [7, 11) is 1.88. The summed E-state index contributed by atoms with van der Waals surface area (Å²) in [4.78, 5) is 4.26. The van der Waals surface area contributed by atoms with Crippen molar-refractivity contribution in [2.75, 3.05) is 6.54 Å². The standard InChI is InChI=1S/C15H24F3N3/c1-3-19-13(10-14-20-8-9-21(14)2)11-6-4-5-7-12(11)15(16,17)18/h8-9,11-13,19H,3-7,10H2,1-2H3. The monoisotopic (exact) mass is 303 g/mol. The highest BCUT2D eigenvalue weighted by atomic mass is 19.4. The first-order chi connectivity index (χ1) is 9.93. The zero-order valence-corrected chi connectivity index (χ0v) is 12.7. The molecule has 1 fully saturated rings. The van der Waals surface area contributed by atoms with Crippen LogP contribution in [0.4, 0.5) is 13.2 Å². The second-order valence-corrected chi connectivity index (χ2v) is 5.92. The Labute approximate surface area is 123 Å². The van der Waals surface area contributed by atoms with E-state index in [4.69, 9.17) is 0 Å². The van der Waals surface area contributed by atoms with Crippen molar-refractivity contribution in [3.8, 4) is 0 Å². The minimum absolute atomic E-state index is 0.164. The molecule has 1 heterocycles. The molecule has 0 aromatic carbocycles. The number of aryl methyl sites for hydroxylation is 1. The second-order valence-electron chi connectivity index (χ2n) is 5.92. The van der Waals surface area contributed by atoms with Gasteiger partial charge in [0.05, 0.1) is 5.92 Å². The van der Waals surface area contributed by atoms with Gasteiger partial charge in [-0.2, -0.15) is 13.2 Å². The molecule has 21 heavy (non-hydrogen) atoms. The maximum absolute atomic E-state index is 13.3. The highest BCUT2D eigenvalue weighted by Crippen LogP contribution is 2.43. The van der Waals surface area contributed by atoms with Crippen LogP contribution in [0.1, 0.15) is 38.4 Å². The Bertz CT molecular complexity index is 442. The molecule has 3 nitrogen and oxygen atoms in total. The van der Waals surface area contributed by atoms with Gasteiger partial charge in [0.2, 0.25) is 0 Å². The van der Waals surface area contributed by atoms with Gasteiger partial charge in [0.15, 0.2) is 0 Å². The molecule has 0 saturated heterocycles. The average molecular weight is 303 g/mol. The van der Waals surface area contributed by atoms with Gasteiger partial charge in [-0.3, -0.25) is 0 Å². The highest BCUT2D eigenvalue weighted by Gasteiger charge is 2.47. The smallest absolute Gasteiger partial charge is 0.338 e. The number of imidazole rings is 1. The van der Waals surface area contributed by atoms with Gasteiger partial charge < -0.3 is 9.88 Å². The number of halogens is 3. The number of likely N-dealkylation sites (N-methyl/N-ethyl adjacent to an activating group) is 1. The molecule has 1 aliphatic carbocycles. The van der Waals surface area contributed by atoms with Crippen molar-refractivity contribution in [2.45, 2.75) is 51.2 Å². The van der Waals surface area contributed by atoms with E-state index in [9.17, 15) is 13.2 Å². The maximum Gasteiger partial charge on any atom is 0.392 e. The Morgan fingerprint density at radius 2 is 2.10 bits per heavy atom. The van der Waals surface area contributed by atoms with Gasteiger partial charge in [0, 0.05) is 31.9 Å². The van der Waals surface area contributed by atoms with E-state index in [2.05, 4.69) is 10.3 Å². The van der Waals surface area contributed by atoms with Crippen molar-refractivity contribution >= 4 is 0 Å². The molecule has 0 aliphatic heterocycles.